The molecule has 0 saturated carbocycles. The second-order valence-electron chi connectivity index (χ2n) is 3.31. The maximum atomic E-state index is 10.9. The van der Waals surface area contributed by atoms with Crippen LogP contribution in [0.2, 0.25) is 0 Å². The van der Waals surface area contributed by atoms with Crippen molar-refractivity contribution in [2.24, 2.45) is 0 Å². The van der Waals surface area contributed by atoms with E-state index < -0.39 is 5.97 Å². The highest BCUT2D eigenvalue weighted by molar-refractivity contribution is 7.98. The number of aromatic carboxylic acids is 1. The Bertz CT molecular complexity index is 390. The smallest absolute Gasteiger partial charge is 0.338 e. The van der Waals surface area contributed by atoms with Gasteiger partial charge in [-0.1, -0.05) is 0 Å². The molecular weight excluding hydrogens is 198 g/mol. The van der Waals surface area contributed by atoms with Crippen LogP contribution in [0.3, 0.4) is 0 Å². The van der Waals surface area contributed by atoms with Gasteiger partial charge in [0.2, 0.25) is 0 Å². The van der Waals surface area contributed by atoms with Crippen molar-refractivity contribution >= 4 is 17.7 Å². The van der Waals surface area contributed by atoms with Crippen LogP contribution < -0.4 is 0 Å². The van der Waals surface area contributed by atoms with Crippen LogP contribution in [-0.2, 0) is 12.8 Å². The van der Waals surface area contributed by atoms with E-state index in [1.165, 1.54) is 11.8 Å². The predicted octanol–water partition coefficient (Wildman–Crippen LogP) is 1.99. The second kappa shape index (κ2) is 3.61. The maximum Gasteiger partial charge on any atom is 0.338 e. The van der Waals surface area contributed by atoms with Crippen molar-refractivity contribution in [3.05, 3.63) is 22.9 Å². The number of aromatic nitrogens is 1. The molecule has 3 nitrogen and oxygen atoms in total. The lowest BCUT2D eigenvalue weighted by Gasteiger charge is -2.05. The van der Waals surface area contributed by atoms with Gasteiger partial charge in [0.05, 0.1) is 5.56 Å². The van der Waals surface area contributed by atoms with Gasteiger partial charge < -0.3 is 5.11 Å². The average molecular weight is 209 g/mol. The number of rotatable bonds is 2. The Kier molecular flexibility index (Phi) is 2.46. The summed E-state index contributed by atoms with van der Waals surface area (Å²) in [7, 11) is 0. The fourth-order valence-corrected chi connectivity index (χ4v) is 2.33. The number of hydrogen-bond acceptors (Lipinski definition) is 3. The predicted molar refractivity (Wildman–Crippen MR) is 55.0 cm³/mol. The van der Waals surface area contributed by atoms with Gasteiger partial charge in [0.25, 0.3) is 0 Å². The van der Waals surface area contributed by atoms with Crippen LogP contribution >= 0.6 is 11.8 Å². The van der Waals surface area contributed by atoms with Crippen LogP contribution in [-0.4, -0.2) is 22.3 Å². The van der Waals surface area contributed by atoms with Gasteiger partial charge in [0.15, 0.2) is 0 Å². The normalized spacial score (nSPS) is 14.1. The highest BCUT2D eigenvalue weighted by Gasteiger charge is 2.18. The molecule has 1 heterocycles. The van der Waals surface area contributed by atoms with E-state index in [2.05, 4.69) is 4.98 Å². The van der Waals surface area contributed by atoms with E-state index in [9.17, 15) is 4.79 Å². The Morgan fingerprint density at radius 3 is 3.00 bits per heavy atom. The molecule has 0 unspecified atom stereocenters. The molecule has 0 radical (unpaired) electrons. The molecule has 1 aromatic rings. The Labute approximate surface area is 86.5 Å². The van der Waals surface area contributed by atoms with Gasteiger partial charge in [-0.05, 0) is 37.1 Å². The van der Waals surface area contributed by atoms with Gasteiger partial charge in [-0.2, -0.15) is 0 Å². The van der Waals surface area contributed by atoms with Crippen molar-refractivity contribution in [3.8, 4) is 0 Å². The molecular formula is C10H11NO2S. The van der Waals surface area contributed by atoms with Crippen LogP contribution in [0.15, 0.2) is 11.1 Å². The third-order valence-corrected chi connectivity index (χ3v) is 3.14. The van der Waals surface area contributed by atoms with Crippen LogP contribution in [0, 0.1) is 0 Å². The monoisotopic (exact) mass is 209 g/mol. The summed E-state index contributed by atoms with van der Waals surface area (Å²) in [5, 5.41) is 9.61. The summed E-state index contributed by atoms with van der Waals surface area (Å²) < 4.78 is 0. The number of nitrogens with zero attached hydrogens (tertiary/aromatic N) is 1. The van der Waals surface area contributed by atoms with E-state index in [1.807, 2.05) is 6.26 Å². The number of hydrogen-bond donors (Lipinski definition) is 1. The van der Waals surface area contributed by atoms with Crippen LogP contribution in [0.5, 0.6) is 0 Å². The Balaban J connectivity index is 2.54. The van der Waals surface area contributed by atoms with Gasteiger partial charge in [0, 0.05) is 5.69 Å². The minimum atomic E-state index is -0.878. The van der Waals surface area contributed by atoms with Crippen molar-refractivity contribution < 1.29 is 9.90 Å². The van der Waals surface area contributed by atoms with Crippen LogP contribution in [0.1, 0.15) is 28.0 Å². The molecule has 14 heavy (non-hydrogen) atoms. The lowest BCUT2D eigenvalue weighted by atomic mass is 10.1. The van der Waals surface area contributed by atoms with Gasteiger partial charge in [-0.15, -0.1) is 11.8 Å². The number of carbonyl (C=O) groups is 1. The van der Waals surface area contributed by atoms with Crippen LogP contribution in [0.4, 0.5) is 0 Å². The molecule has 0 amide bonds. The Hall–Kier alpha value is -1.03. The number of thioether (sulfide) groups is 1. The molecule has 0 saturated heterocycles. The van der Waals surface area contributed by atoms with Crippen LogP contribution in [0.25, 0.3) is 0 Å². The fourth-order valence-electron chi connectivity index (χ4n) is 1.76. The van der Waals surface area contributed by atoms with Crippen molar-refractivity contribution in [1.29, 1.82) is 0 Å². The molecule has 1 N–H and O–H groups in total. The van der Waals surface area contributed by atoms with E-state index in [1.54, 1.807) is 6.07 Å². The van der Waals surface area contributed by atoms with Crippen molar-refractivity contribution in [1.82, 2.24) is 4.98 Å². The van der Waals surface area contributed by atoms with E-state index >= 15 is 0 Å². The van der Waals surface area contributed by atoms with E-state index in [-0.39, 0.29) is 0 Å². The number of fused-ring (bicyclic) bond motifs is 1. The second-order valence-corrected chi connectivity index (χ2v) is 4.10. The van der Waals surface area contributed by atoms with Gasteiger partial charge >= 0.3 is 5.97 Å². The molecule has 74 valence electrons. The summed E-state index contributed by atoms with van der Waals surface area (Å²) in [6, 6.07) is 1.78. The number of pyridine rings is 1. The zero-order valence-electron chi connectivity index (χ0n) is 7.91. The highest BCUT2D eigenvalue weighted by Crippen LogP contribution is 2.26. The molecule has 4 heteroatoms. The lowest BCUT2D eigenvalue weighted by molar-refractivity contribution is 0.0692. The zero-order chi connectivity index (χ0) is 10.1. The summed E-state index contributed by atoms with van der Waals surface area (Å²) in [6.07, 6.45) is 4.91. The lowest BCUT2D eigenvalue weighted by Crippen LogP contribution is -2.03. The number of carboxylic acid groups (broad SMARTS) is 1. The van der Waals surface area contributed by atoms with E-state index in [0.717, 1.165) is 30.5 Å². The first kappa shape index (κ1) is 9.52. The topological polar surface area (TPSA) is 50.2 Å². The summed E-state index contributed by atoms with van der Waals surface area (Å²) in [5.41, 5.74) is 2.54. The third-order valence-electron chi connectivity index (χ3n) is 2.44. The molecule has 1 aliphatic rings. The van der Waals surface area contributed by atoms with Crippen molar-refractivity contribution in [2.75, 3.05) is 6.26 Å². The SMILES string of the molecule is CSc1nc2c(cc1C(=O)O)CCC2. The molecule has 1 aliphatic carbocycles. The summed E-state index contributed by atoms with van der Waals surface area (Å²) in [6.45, 7) is 0. The summed E-state index contributed by atoms with van der Waals surface area (Å²) >= 11 is 1.40. The first-order chi connectivity index (χ1) is 6.72. The van der Waals surface area contributed by atoms with E-state index in [4.69, 9.17) is 5.11 Å². The van der Waals surface area contributed by atoms with Gasteiger partial charge in [0.1, 0.15) is 5.03 Å². The number of aryl methyl sites for hydroxylation is 2. The maximum absolute atomic E-state index is 10.9. The third kappa shape index (κ3) is 1.50. The minimum absolute atomic E-state index is 0.346. The Morgan fingerprint density at radius 2 is 2.36 bits per heavy atom. The minimum Gasteiger partial charge on any atom is -0.478 e. The molecule has 0 aliphatic heterocycles. The largest absolute Gasteiger partial charge is 0.478 e. The Morgan fingerprint density at radius 1 is 1.57 bits per heavy atom. The molecule has 0 bridgehead atoms. The quantitative estimate of drug-likeness (QED) is 0.757. The molecule has 2 rings (SSSR count). The number of carboxylic acids is 1. The molecule has 0 spiro atoms. The summed E-state index contributed by atoms with van der Waals surface area (Å²) in [5.74, 6) is -0.878. The standard InChI is InChI=1S/C10H11NO2S/c1-14-9-7(10(12)13)5-6-3-2-4-8(6)11-9/h5H,2-4H2,1H3,(H,12,13). The first-order valence-corrected chi connectivity index (χ1v) is 5.75. The van der Waals surface area contributed by atoms with Crippen molar-refractivity contribution in [2.45, 2.75) is 24.3 Å². The average Bonchev–Trinajstić information content (AvgIpc) is 2.62. The molecule has 0 atom stereocenters. The molecule has 0 fully saturated rings. The van der Waals surface area contributed by atoms with Gasteiger partial charge in [-0.3, -0.25) is 0 Å². The molecule has 1 aromatic heterocycles. The fraction of sp³-hybridized carbons (Fsp3) is 0.400. The van der Waals surface area contributed by atoms with Gasteiger partial charge in [-0.25, -0.2) is 9.78 Å². The molecule has 0 aromatic carbocycles. The van der Waals surface area contributed by atoms with Crippen molar-refractivity contribution in [3.63, 3.8) is 0 Å². The first-order valence-electron chi connectivity index (χ1n) is 4.52. The zero-order valence-corrected chi connectivity index (χ0v) is 8.73. The van der Waals surface area contributed by atoms with E-state index in [0.29, 0.717) is 10.6 Å². The highest BCUT2D eigenvalue weighted by atomic mass is 32.2. The summed E-state index contributed by atoms with van der Waals surface area (Å²) in [4.78, 5) is 15.3.